The van der Waals surface area contributed by atoms with E-state index in [0.29, 0.717) is 18.5 Å². The summed E-state index contributed by atoms with van der Waals surface area (Å²) in [6, 6.07) is 7.81. The molecule has 1 atom stereocenters. The van der Waals surface area contributed by atoms with Gasteiger partial charge in [0.05, 0.1) is 22.9 Å². The molecule has 2 heterocycles. The van der Waals surface area contributed by atoms with Crippen LogP contribution in [0.15, 0.2) is 36.7 Å². The number of aromatic nitrogens is 2. The fourth-order valence-corrected chi connectivity index (χ4v) is 3.47. The van der Waals surface area contributed by atoms with Crippen molar-refractivity contribution in [3.8, 4) is 5.69 Å². The second-order valence-corrected chi connectivity index (χ2v) is 7.05. The Morgan fingerprint density at radius 2 is 2.00 bits per heavy atom. The highest BCUT2D eigenvalue weighted by Crippen LogP contribution is 2.38. The molecule has 0 spiro atoms. The maximum absolute atomic E-state index is 12.8. The molecule has 0 aliphatic carbocycles. The van der Waals surface area contributed by atoms with E-state index in [-0.39, 0.29) is 18.4 Å². The number of carbonyl (C=O) groups excluding carboxylic acids is 1. The first-order chi connectivity index (χ1) is 11.8. The Morgan fingerprint density at radius 3 is 2.60 bits per heavy atom. The summed E-state index contributed by atoms with van der Waals surface area (Å²) in [7, 11) is 0. The summed E-state index contributed by atoms with van der Waals surface area (Å²) in [5.41, 5.74) is 1.61. The average Bonchev–Trinajstić information content (AvgIpc) is 3.23. The number of likely N-dealkylation sites (tertiary alicyclic amines) is 1. The lowest BCUT2D eigenvalue weighted by Crippen LogP contribution is -2.40. The maximum atomic E-state index is 12.8. The second kappa shape index (κ2) is 6.35. The largest absolute Gasteiger partial charge is 0.481 e. The van der Waals surface area contributed by atoms with Gasteiger partial charge in [-0.15, -0.1) is 0 Å². The van der Waals surface area contributed by atoms with E-state index in [1.165, 1.54) is 0 Å². The third-order valence-corrected chi connectivity index (χ3v) is 5.31. The number of carboxylic acid groups (broad SMARTS) is 1. The molecule has 1 fully saturated rings. The second-order valence-electron chi connectivity index (χ2n) is 7.05. The van der Waals surface area contributed by atoms with Crippen molar-refractivity contribution in [2.24, 2.45) is 11.3 Å². The smallest absolute Gasteiger partial charge is 0.311 e. The van der Waals surface area contributed by atoms with Crippen molar-refractivity contribution in [3.05, 3.63) is 47.8 Å². The van der Waals surface area contributed by atoms with Crippen LogP contribution in [0.25, 0.3) is 5.69 Å². The Hall–Kier alpha value is -2.63. The van der Waals surface area contributed by atoms with Gasteiger partial charge >= 0.3 is 5.97 Å². The van der Waals surface area contributed by atoms with Crippen molar-refractivity contribution in [2.75, 3.05) is 13.1 Å². The van der Waals surface area contributed by atoms with Crippen LogP contribution in [-0.2, 0) is 4.79 Å². The van der Waals surface area contributed by atoms with Gasteiger partial charge in [0.1, 0.15) is 0 Å². The Labute approximate surface area is 147 Å². The van der Waals surface area contributed by atoms with Gasteiger partial charge in [-0.3, -0.25) is 9.59 Å². The first kappa shape index (κ1) is 17.2. The highest BCUT2D eigenvalue weighted by atomic mass is 16.4. The first-order valence-corrected chi connectivity index (χ1v) is 8.48. The number of aryl methyl sites for hydroxylation is 1. The minimum Gasteiger partial charge on any atom is -0.481 e. The Morgan fingerprint density at radius 1 is 1.28 bits per heavy atom. The molecule has 0 bridgehead atoms. The van der Waals surface area contributed by atoms with E-state index < -0.39 is 11.4 Å². The van der Waals surface area contributed by atoms with Crippen LogP contribution < -0.4 is 0 Å². The molecule has 1 saturated heterocycles. The van der Waals surface area contributed by atoms with Crippen LogP contribution in [0.3, 0.4) is 0 Å². The summed E-state index contributed by atoms with van der Waals surface area (Å²) in [5.74, 6) is -1.02. The van der Waals surface area contributed by atoms with Crippen molar-refractivity contribution in [2.45, 2.75) is 27.2 Å². The summed E-state index contributed by atoms with van der Waals surface area (Å²) in [5, 5.41) is 13.9. The lowest BCUT2D eigenvalue weighted by molar-refractivity contribution is -0.150. The Bertz CT molecular complexity index is 812. The average molecular weight is 341 g/mol. The number of carbonyl (C=O) groups is 2. The summed E-state index contributed by atoms with van der Waals surface area (Å²) >= 11 is 0. The molecule has 25 heavy (non-hydrogen) atoms. The van der Waals surface area contributed by atoms with Crippen LogP contribution in [0, 0.1) is 18.3 Å². The predicted molar refractivity (Wildman–Crippen MR) is 93.7 cm³/mol. The van der Waals surface area contributed by atoms with E-state index in [9.17, 15) is 14.7 Å². The van der Waals surface area contributed by atoms with Gasteiger partial charge in [0.15, 0.2) is 0 Å². The standard InChI is InChI=1S/C19H23N3O3/c1-13(2)19(18(24)25)8-9-21(12-19)17(23)15-10-20-22(11-15)16-7-5-4-6-14(16)3/h4-7,10-11,13H,8-9,12H2,1-3H3,(H,24,25). The fraction of sp³-hybridized carbons (Fsp3) is 0.421. The van der Waals surface area contributed by atoms with Crippen LogP contribution in [0.5, 0.6) is 0 Å². The zero-order valence-corrected chi connectivity index (χ0v) is 14.8. The third kappa shape index (κ3) is 2.92. The van der Waals surface area contributed by atoms with Gasteiger partial charge in [-0.1, -0.05) is 32.0 Å². The van der Waals surface area contributed by atoms with Crippen LogP contribution in [0.1, 0.15) is 36.2 Å². The van der Waals surface area contributed by atoms with Crippen molar-refractivity contribution in [1.29, 1.82) is 0 Å². The third-order valence-electron chi connectivity index (χ3n) is 5.31. The molecule has 6 heteroatoms. The Balaban J connectivity index is 1.82. The molecule has 0 saturated carbocycles. The summed E-state index contributed by atoms with van der Waals surface area (Å²) < 4.78 is 1.69. The van der Waals surface area contributed by atoms with E-state index in [4.69, 9.17) is 0 Å². The molecule has 1 aliphatic rings. The van der Waals surface area contributed by atoms with Crippen molar-refractivity contribution in [3.63, 3.8) is 0 Å². The highest BCUT2D eigenvalue weighted by Gasteiger charge is 2.48. The van der Waals surface area contributed by atoms with Crippen molar-refractivity contribution in [1.82, 2.24) is 14.7 Å². The molecular formula is C19H23N3O3. The van der Waals surface area contributed by atoms with Gasteiger partial charge in [0, 0.05) is 19.3 Å². The van der Waals surface area contributed by atoms with Crippen LogP contribution in [0.4, 0.5) is 0 Å². The van der Waals surface area contributed by atoms with Gasteiger partial charge in [0.2, 0.25) is 0 Å². The predicted octanol–water partition coefficient (Wildman–Crippen LogP) is 2.75. The number of hydrogen-bond donors (Lipinski definition) is 1. The fourth-order valence-electron chi connectivity index (χ4n) is 3.47. The molecule has 1 unspecified atom stereocenters. The highest BCUT2D eigenvalue weighted by molar-refractivity contribution is 5.94. The SMILES string of the molecule is Cc1ccccc1-n1cc(C(=O)N2CCC(C(=O)O)(C(C)C)C2)cn1. The number of para-hydroxylation sites is 1. The van der Waals surface area contributed by atoms with Crippen molar-refractivity contribution >= 4 is 11.9 Å². The minimum absolute atomic E-state index is 0.0301. The van der Waals surface area contributed by atoms with E-state index in [1.807, 2.05) is 45.0 Å². The summed E-state index contributed by atoms with van der Waals surface area (Å²) in [6.45, 7) is 6.49. The lowest BCUT2D eigenvalue weighted by Gasteiger charge is -2.28. The van der Waals surface area contributed by atoms with Crippen LogP contribution in [0.2, 0.25) is 0 Å². The minimum atomic E-state index is -0.859. The maximum Gasteiger partial charge on any atom is 0.311 e. The van der Waals surface area contributed by atoms with Gasteiger partial charge in [-0.25, -0.2) is 4.68 Å². The molecule has 1 amide bonds. The van der Waals surface area contributed by atoms with E-state index in [0.717, 1.165) is 11.3 Å². The summed E-state index contributed by atoms with van der Waals surface area (Å²) in [4.78, 5) is 26.2. The molecular weight excluding hydrogens is 318 g/mol. The monoisotopic (exact) mass is 341 g/mol. The number of carboxylic acids is 1. The van der Waals surface area contributed by atoms with E-state index in [2.05, 4.69) is 5.10 Å². The molecule has 2 aromatic rings. The van der Waals surface area contributed by atoms with E-state index in [1.54, 1.807) is 22.0 Å². The zero-order valence-electron chi connectivity index (χ0n) is 14.8. The van der Waals surface area contributed by atoms with Crippen molar-refractivity contribution < 1.29 is 14.7 Å². The van der Waals surface area contributed by atoms with Crippen LogP contribution >= 0.6 is 0 Å². The topological polar surface area (TPSA) is 75.4 Å². The number of nitrogens with zero attached hydrogens (tertiary/aromatic N) is 3. The number of benzene rings is 1. The van der Waals surface area contributed by atoms with Gasteiger partial charge < -0.3 is 10.0 Å². The summed E-state index contributed by atoms with van der Waals surface area (Å²) in [6.07, 6.45) is 3.74. The molecule has 1 aliphatic heterocycles. The van der Waals surface area contributed by atoms with Gasteiger partial charge in [-0.05, 0) is 30.9 Å². The number of aliphatic carboxylic acids is 1. The number of hydrogen-bond acceptors (Lipinski definition) is 3. The number of rotatable bonds is 4. The van der Waals surface area contributed by atoms with Gasteiger partial charge in [-0.2, -0.15) is 5.10 Å². The molecule has 132 valence electrons. The lowest BCUT2D eigenvalue weighted by atomic mass is 9.76. The van der Waals surface area contributed by atoms with E-state index >= 15 is 0 Å². The quantitative estimate of drug-likeness (QED) is 0.928. The number of amides is 1. The molecule has 0 radical (unpaired) electrons. The molecule has 1 aromatic carbocycles. The first-order valence-electron chi connectivity index (χ1n) is 8.48. The molecule has 3 rings (SSSR count). The molecule has 1 N–H and O–H groups in total. The normalized spacial score (nSPS) is 20.2. The molecule has 6 nitrogen and oxygen atoms in total. The van der Waals surface area contributed by atoms with Crippen LogP contribution in [-0.4, -0.2) is 44.8 Å². The Kier molecular flexibility index (Phi) is 4.37. The zero-order chi connectivity index (χ0) is 18.2. The molecule has 1 aromatic heterocycles. The van der Waals surface area contributed by atoms with Gasteiger partial charge in [0.25, 0.3) is 5.91 Å².